The first-order valence-electron chi connectivity index (χ1n) is 9.57. The van der Waals surface area contributed by atoms with E-state index in [0.29, 0.717) is 6.04 Å². The Balaban J connectivity index is 1.45. The van der Waals surface area contributed by atoms with Gasteiger partial charge in [0.2, 0.25) is 0 Å². The number of nitrogens with zero attached hydrogens (tertiary/aromatic N) is 3. The zero-order valence-corrected chi connectivity index (χ0v) is 16.2. The third-order valence-corrected chi connectivity index (χ3v) is 5.87. The minimum Gasteiger partial charge on any atom is -0.358 e. The van der Waals surface area contributed by atoms with Crippen molar-refractivity contribution in [3.63, 3.8) is 0 Å². The van der Waals surface area contributed by atoms with Gasteiger partial charge in [-0.25, -0.2) is 0 Å². The predicted octanol–water partition coefficient (Wildman–Crippen LogP) is 3.70. The van der Waals surface area contributed by atoms with Gasteiger partial charge in [0.1, 0.15) is 0 Å². The van der Waals surface area contributed by atoms with Gasteiger partial charge >= 0.3 is 0 Å². The quantitative estimate of drug-likeness (QED) is 0.773. The molecule has 3 aromatic rings. The number of H-pyrrole nitrogens is 1. The Labute approximate surface area is 160 Å². The van der Waals surface area contributed by atoms with Gasteiger partial charge in [-0.2, -0.15) is 0 Å². The highest BCUT2D eigenvalue weighted by atomic mass is 16.2. The molecular weight excluding hydrogens is 336 g/mol. The van der Waals surface area contributed by atoms with Crippen LogP contribution in [0.2, 0.25) is 0 Å². The molecule has 1 fully saturated rings. The lowest BCUT2D eigenvalue weighted by Gasteiger charge is -2.38. The molecule has 1 aliphatic heterocycles. The lowest BCUT2D eigenvalue weighted by molar-refractivity contribution is 0.0582. The second-order valence-electron chi connectivity index (χ2n) is 7.43. The highest BCUT2D eigenvalue weighted by Gasteiger charge is 2.25. The molecule has 4 rings (SSSR count). The largest absolute Gasteiger partial charge is 0.358 e. The fourth-order valence-electron chi connectivity index (χ4n) is 3.92. The Kier molecular flexibility index (Phi) is 4.70. The van der Waals surface area contributed by atoms with Crippen LogP contribution in [0, 0.1) is 13.8 Å². The van der Waals surface area contributed by atoms with Crippen LogP contribution in [0.4, 0.5) is 0 Å². The lowest BCUT2D eigenvalue weighted by atomic mass is 10.1. The summed E-state index contributed by atoms with van der Waals surface area (Å²) in [6.45, 7) is 9.65. The van der Waals surface area contributed by atoms with E-state index in [1.165, 1.54) is 11.1 Å². The molecule has 1 atom stereocenters. The second-order valence-corrected chi connectivity index (χ2v) is 7.43. The number of aryl methyl sites for hydroxylation is 2. The first kappa shape index (κ1) is 17.7. The van der Waals surface area contributed by atoms with E-state index in [1.807, 2.05) is 35.4 Å². The van der Waals surface area contributed by atoms with Crippen LogP contribution in [-0.4, -0.2) is 51.9 Å². The average molecular weight is 362 g/mol. The average Bonchev–Trinajstić information content (AvgIpc) is 3.01. The molecule has 3 heterocycles. The topological polar surface area (TPSA) is 52.2 Å². The van der Waals surface area contributed by atoms with Crippen molar-refractivity contribution in [1.29, 1.82) is 0 Å². The Morgan fingerprint density at radius 2 is 1.93 bits per heavy atom. The third kappa shape index (κ3) is 3.35. The first-order chi connectivity index (χ1) is 13.0. The molecule has 0 radical (unpaired) electrons. The summed E-state index contributed by atoms with van der Waals surface area (Å²) in [6, 6.07) is 10.4. The smallest absolute Gasteiger partial charge is 0.253 e. The minimum atomic E-state index is 0.129. The number of nitrogens with one attached hydrogen (secondary N) is 1. The third-order valence-electron chi connectivity index (χ3n) is 5.87. The van der Waals surface area contributed by atoms with Crippen LogP contribution < -0.4 is 0 Å². The monoisotopic (exact) mass is 362 g/mol. The number of pyridine rings is 1. The van der Waals surface area contributed by atoms with E-state index in [4.69, 9.17) is 0 Å². The van der Waals surface area contributed by atoms with Crippen molar-refractivity contribution in [2.24, 2.45) is 0 Å². The van der Waals surface area contributed by atoms with Gasteiger partial charge in [0.25, 0.3) is 5.91 Å². The standard InChI is InChI=1S/C22H26N4O/c1-15-16(2)24-21-7-6-18(13-20(15)21)22(27)26-11-9-25(10-12-26)17(3)19-5-4-8-23-14-19/h4-8,13-14,17,24H,9-12H2,1-3H3. The van der Waals surface area contributed by atoms with Crippen molar-refractivity contribution >= 4 is 16.8 Å². The molecule has 1 aliphatic rings. The van der Waals surface area contributed by atoms with Crippen molar-refractivity contribution in [3.8, 4) is 0 Å². The summed E-state index contributed by atoms with van der Waals surface area (Å²) in [4.78, 5) is 25.0. The number of hydrogen-bond donors (Lipinski definition) is 1. The van der Waals surface area contributed by atoms with Crippen molar-refractivity contribution in [2.45, 2.75) is 26.8 Å². The number of amides is 1. The molecule has 1 aromatic carbocycles. The van der Waals surface area contributed by atoms with Gasteiger partial charge in [0.05, 0.1) is 0 Å². The van der Waals surface area contributed by atoms with Gasteiger partial charge in [0, 0.05) is 66.8 Å². The van der Waals surface area contributed by atoms with Crippen molar-refractivity contribution in [2.75, 3.05) is 26.2 Å². The lowest BCUT2D eigenvalue weighted by Crippen LogP contribution is -2.49. The Bertz CT molecular complexity index is 955. The summed E-state index contributed by atoms with van der Waals surface area (Å²) in [5.74, 6) is 0.129. The van der Waals surface area contributed by atoms with Crippen molar-refractivity contribution in [3.05, 3.63) is 65.1 Å². The van der Waals surface area contributed by atoms with Crippen LogP contribution in [0.25, 0.3) is 10.9 Å². The van der Waals surface area contributed by atoms with E-state index in [1.54, 1.807) is 6.20 Å². The molecule has 1 amide bonds. The van der Waals surface area contributed by atoms with Gasteiger partial charge in [0.15, 0.2) is 0 Å². The number of aromatic nitrogens is 2. The molecule has 0 aliphatic carbocycles. The van der Waals surface area contributed by atoms with Crippen LogP contribution >= 0.6 is 0 Å². The number of benzene rings is 1. The fourth-order valence-corrected chi connectivity index (χ4v) is 3.92. The molecular formula is C22H26N4O. The number of hydrogen-bond acceptors (Lipinski definition) is 3. The van der Waals surface area contributed by atoms with Gasteiger partial charge in [-0.1, -0.05) is 6.07 Å². The van der Waals surface area contributed by atoms with Crippen LogP contribution in [0.1, 0.15) is 40.1 Å². The molecule has 2 aromatic heterocycles. The van der Waals surface area contributed by atoms with Gasteiger partial charge in [-0.3, -0.25) is 14.7 Å². The maximum Gasteiger partial charge on any atom is 0.253 e. The van der Waals surface area contributed by atoms with Gasteiger partial charge in [-0.05, 0) is 56.2 Å². The van der Waals surface area contributed by atoms with Crippen LogP contribution in [0.15, 0.2) is 42.7 Å². The van der Waals surface area contributed by atoms with E-state index in [9.17, 15) is 4.79 Å². The molecule has 0 bridgehead atoms. The molecule has 0 spiro atoms. The Hall–Kier alpha value is -2.66. The maximum absolute atomic E-state index is 13.0. The maximum atomic E-state index is 13.0. The van der Waals surface area contributed by atoms with E-state index in [0.717, 1.165) is 48.3 Å². The van der Waals surface area contributed by atoms with Gasteiger partial charge in [-0.15, -0.1) is 0 Å². The summed E-state index contributed by atoms with van der Waals surface area (Å²) in [6.07, 6.45) is 3.73. The highest BCUT2D eigenvalue weighted by Crippen LogP contribution is 2.24. The number of aromatic amines is 1. The zero-order valence-electron chi connectivity index (χ0n) is 16.2. The number of piperazine rings is 1. The van der Waals surface area contributed by atoms with Crippen molar-refractivity contribution in [1.82, 2.24) is 19.8 Å². The molecule has 27 heavy (non-hydrogen) atoms. The Morgan fingerprint density at radius 1 is 1.15 bits per heavy atom. The van der Waals surface area contributed by atoms with Gasteiger partial charge < -0.3 is 9.88 Å². The number of carbonyl (C=O) groups excluding carboxylic acids is 1. The Morgan fingerprint density at radius 3 is 2.63 bits per heavy atom. The van der Waals surface area contributed by atoms with Crippen LogP contribution in [0.3, 0.4) is 0 Å². The zero-order chi connectivity index (χ0) is 19.0. The molecule has 1 unspecified atom stereocenters. The normalized spacial score (nSPS) is 16.6. The highest BCUT2D eigenvalue weighted by molar-refractivity contribution is 5.99. The fraction of sp³-hybridized carbons (Fsp3) is 0.364. The van der Waals surface area contributed by atoms with E-state index in [-0.39, 0.29) is 5.91 Å². The number of rotatable bonds is 3. The summed E-state index contributed by atoms with van der Waals surface area (Å²) in [7, 11) is 0. The molecule has 1 N–H and O–H groups in total. The summed E-state index contributed by atoms with van der Waals surface area (Å²) < 4.78 is 0. The molecule has 1 saturated heterocycles. The first-order valence-corrected chi connectivity index (χ1v) is 9.57. The predicted molar refractivity (Wildman–Crippen MR) is 108 cm³/mol. The number of carbonyl (C=O) groups is 1. The summed E-state index contributed by atoms with van der Waals surface area (Å²) >= 11 is 0. The van der Waals surface area contributed by atoms with Crippen LogP contribution in [-0.2, 0) is 0 Å². The molecule has 140 valence electrons. The minimum absolute atomic E-state index is 0.129. The van der Waals surface area contributed by atoms with Crippen LogP contribution in [0.5, 0.6) is 0 Å². The molecule has 5 heteroatoms. The second kappa shape index (κ2) is 7.16. The van der Waals surface area contributed by atoms with E-state index in [2.05, 4.69) is 41.7 Å². The molecule has 0 saturated carbocycles. The SMILES string of the molecule is Cc1[nH]c2ccc(C(=O)N3CCN(C(C)c4cccnc4)CC3)cc2c1C. The summed E-state index contributed by atoms with van der Waals surface area (Å²) in [5, 5.41) is 1.14. The number of fused-ring (bicyclic) bond motifs is 1. The van der Waals surface area contributed by atoms with E-state index < -0.39 is 0 Å². The summed E-state index contributed by atoms with van der Waals surface area (Å²) in [5.41, 5.74) is 5.47. The van der Waals surface area contributed by atoms with E-state index >= 15 is 0 Å². The van der Waals surface area contributed by atoms with Crippen molar-refractivity contribution < 1.29 is 4.79 Å². The molecule has 5 nitrogen and oxygen atoms in total.